The Balaban J connectivity index is 0. The zero-order valence-corrected chi connectivity index (χ0v) is 10.4. The Morgan fingerprint density at radius 3 is 2.43 bits per heavy atom. The molecule has 0 aliphatic carbocycles. The van der Waals surface area contributed by atoms with Crippen molar-refractivity contribution in [3.63, 3.8) is 0 Å². The Hall–Kier alpha value is -0.670. The summed E-state index contributed by atoms with van der Waals surface area (Å²) >= 11 is 0. The lowest BCUT2D eigenvalue weighted by molar-refractivity contribution is 0.807. The van der Waals surface area contributed by atoms with Crippen molar-refractivity contribution in [3.8, 4) is 0 Å². The summed E-state index contributed by atoms with van der Waals surface area (Å²) in [7, 11) is 0. The Bertz CT molecular complexity index is 210. The van der Waals surface area contributed by atoms with E-state index < -0.39 is 0 Å². The third-order valence-corrected chi connectivity index (χ3v) is 1.45. The van der Waals surface area contributed by atoms with E-state index in [0.29, 0.717) is 0 Å². The summed E-state index contributed by atoms with van der Waals surface area (Å²) in [6.45, 7) is 6.54. The molecule has 1 rings (SSSR count). The maximum atomic E-state index is 5.14. The molecule has 14 heavy (non-hydrogen) atoms. The second-order valence-electron chi connectivity index (χ2n) is 2.60. The summed E-state index contributed by atoms with van der Waals surface area (Å²) in [6, 6.07) is 5.73. The summed E-state index contributed by atoms with van der Waals surface area (Å²) in [5, 5.41) is 0. The molecule has 0 bridgehead atoms. The van der Waals surface area contributed by atoms with E-state index >= 15 is 0 Å². The molecular weight excluding hydrogens is 240 g/mol. The number of rotatable bonds is 3. The Labute approximate surface area is 97.0 Å². The molecule has 0 saturated heterocycles. The van der Waals surface area contributed by atoms with E-state index in [1.807, 2.05) is 18.2 Å². The van der Waals surface area contributed by atoms with Crippen LogP contribution in [0.4, 0.5) is 0 Å². The predicted octanol–water partition coefficient (Wildman–Crippen LogP) is 3.05. The minimum absolute atomic E-state index is 0. The van der Waals surface area contributed by atoms with E-state index in [0.717, 1.165) is 12.2 Å². The van der Waals surface area contributed by atoms with Crippen LogP contribution in [0.2, 0.25) is 0 Å². The number of pyridine rings is 1. The Morgan fingerprint density at radius 2 is 2.21 bits per heavy atom. The highest BCUT2D eigenvalue weighted by molar-refractivity contribution is 8.93. The van der Waals surface area contributed by atoms with Crippen LogP contribution in [-0.2, 0) is 0 Å². The molecule has 0 saturated carbocycles. The van der Waals surface area contributed by atoms with Crippen LogP contribution in [-0.4, -0.2) is 11.5 Å². The van der Waals surface area contributed by atoms with Gasteiger partial charge in [0.1, 0.15) is 0 Å². The van der Waals surface area contributed by atoms with Crippen molar-refractivity contribution in [3.05, 3.63) is 36.7 Å². The lowest BCUT2D eigenvalue weighted by atomic mass is 10.3. The van der Waals surface area contributed by atoms with Gasteiger partial charge >= 0.3 is 0 Å². The highest BCUT2D eigenvalue weighted by Crippen LogP contribution is 1.91. The zero-order valence-electron chi connectivity index (χ0n) is 8.65. The van der Waals surface area contributed by atoms with Gasteiger partial charge in [0.2, 0.25) is 0 Å². The van der Waals surface area contributed by atoms with Crippen LogP contribution in [0.1, 0.15) is 25.5 Å². The molecule has 0 unspecified atom stereocenters. The second kappa shape index (κ2) is 12.3. The average molecular weight is 259 g/mol. The van der Waals surface area contributed by atoms with Gasteiger partial charge in [-0.3, -0.25) is 4.98 Å². The van der Waals surface area contributed by atoms with Crippen molar-refractivity contribution in [2.45, 2.75) is 19.8 Å². The first-order valence-corrected chi connectivity index (χ1v) is 4.58. The van der Waals surface area contributed by atoms with Gasteiger partial charge < -0.3 is 5.73 Å². The van der Waals surface area contributed by atoms with Gasteiger partial charge in [0, 0.05) is 6.20 Å². The summed E-state index contributed by atoms with van der Waals surface area (Å²) in [5.41, 5.74) is 6.06. The molecule has 0 fully saturated rings. The molecule has 0 aliphatic heterocycles. The molecule has 0 amide bonds. The van der Waals surface area contributed by atoms with Crippen molar-refractivity contribution in [1.82, 2.24) is 4.98 Å². The average Bonchev–Trinajstić information content (AvgIpc) is 2.21. The van der Waals surface area contributed by atoms with Crippen molar-refractivity contribution in [2.24, 2.45) is 5.73 Å². The molecule has 80 valence electrons. The van der Waals surface area contributed by atoms with Gasteiger partial charge in [0.25, 0.3) is 0 Å². The van der Waals surface area contributed by atoms with Gasteiger partial charge in [-0.1, -0.05) is 26.0 Å². The van der Waals surface area contributed by atoms with E-state index in [2.05, 4.69) is 18.5 Å². The van der Waals surface area contributed by atoms with Crippen LogP contribution in [0, 0.1) is 0 Å². The number of nitrogens with zero attached hydrogens (tertiary/aromatic N) is 1. The van der Waals surface area contributed by atoms with Gasteiger partial charge in [0.15, 0.2) is 0 Å². The molecule has 0 atom stereocenters. The number of nitrogens with two attached hydrogens (primary N) is 1. The third kappa shape index (κ3) is 9.42. The summed E-state index contributed by atoms with van der Waals surface area (Å²) in [5.74, 6) is 0. The molecule has 0 spiro atoms. The summed E-state index contributed by atoms with van der Waals surface area (Å²) in [4.78, 5) is 3.98. The first-order chi connectivity index (χ1) is 6.35. The van der Waals surface area contributed by atoms with E-state index in [-0.39, 0.29) is 17.0 Å². The smallest absolute Gasteiger partial charge is 0.0623 e. The normalized spacial score (nSPS) is 7.86. The van der Waals surface area contributed by atoms with Gasteiger partial charge in [-0.2, -0.15) is 0 Å². The maximum Gasteiger partial charge on any atom is 0.0623 e. The molecule has 0 aromatic carbocycles. The standard InChI is InChI=1S/C7H7N.C4H11N.BrH/c1-2-7-5-3-4-6-8-7;1-2-3-4-5;/h2-6H,1H2;2-5H2,1H3;1H. The van der Waals surface area contributed by atoms with Crippen LogP contribution < -0.4 is 5.73 Å². The van der Waals surface area contributed by atoms with Crippen LogP contribution in [0.3, 0.4) is 0 Å². The lowest BCUT2D eigenvalue weighted by Gasteiger charge is -1.84. The van der Waals surface area contributed by atoms with Gasteiger partial charge in [0.05, 0.1) is 5.69 Å². The minimum Gasteiger partial charge on any atom is -0.330 e. The Morgan fingerprint density at radius 1 is 1.50 bits per heavy atom. The number of halogens is 1. The van der Waals surface area contributed by atoms with Crippen molar-refractivity contribution < 1.29 is 0 Å². The topological polar surface area (TPSA) is 38.9 Å². The predicted molar refractivity (Wildman–Crippen MR) is 68.6 cm³/mol. The number of hydrogen-bond donors (Lipinski definition) is 1. The largest absolute Gasteiger partial charge is 0.330 e. The fourth-order valence-corrected chi connectivity index (χ4v) is 0.701. The monoisotopic (exact) mass is 258 g/mol. The van der Waals surface area contributed by atoms with E-state index in [1.165, 1.54) is 12.8 Å². The van der Waals surface area contributed by atoms with E-state index in [1.54, 1.807) is 12.3 Å². The quantitative estimate of drug-likeness (QED) is 0.906. The van der Waals surface area contributed by atoms with Gasteiger partial charge in [-0.25, -0.2) is 0 Å². The molecular formula is C11H19BrN2. The molecule has 0 aliphatic rings. The van der Waals surface area contributed by atoms with E-state index in [4.69, 9.17) is 5.73 Å². The van der Waals surface area contributed by atoms with Crippen molar-refractivity contribution in [1.29, 1.82) is 0 Å². The highest BCUT2D eigenvalue weighted by atomic mass is 79.9. The van der Waals surface area contributed by atoms with Gasteiger partial charge in [-0.05, 0) is 31.2 Å². The first kappa shape index (κ1) is 15.8. The molecule has 3 heteroatoms. The maximum absolute atomic E-state index is 5.14. The summed E-state index contributed by atoms with van der Waals surface area (Å²) < 4.78 is 0. The molecule has 2 nitrogen and oxygen atoms in total. The van der Waals surface area contributed by atoms with Crippen LogP contribution in [0.5, 0.6) is 0 Å². The molecule has 1 heterocycles. The van der Waals surface area contributed by atoms with Crippen LogP contribution in [0.25, 0.3) is 6.08 Å². The number of hydrogen-bond acceptors (Lipinski definition) is 2. The molecule has 1 aromatic rings. The highest BCUT2D eigenvalue weighted by Gasteiger charge is 1.77. The number of aromatic nitrogens is 1. The zero-order chi connectivity index (χ0) is 9.94. The third-order valence-electron chi connectivity index (χ3n) is 1.45. The fraction of sp³-hybridized carbons (Fsp3) is 0.364. The van der Waals surface area contributed by atoms with Crippen LogP contribution >= 0.6 is 17.0 Å². The summed E-state index contributed by atoms with van der Waals surface area (Å²) in [6.07, 6.45) is 5.85. The van der Waals surface area contributed by atoms with Crippen molar-refractivity contribution in [2.75, 3.05) is 6.54 Å². The first-order valence-electron chi connectivity index (χ1n) is 4.58. The second-order valence-corrected chi connectivity index (χ2v) is 2.60. The lowest BCUT2D eigenvalue weighted by Crippen LogP contribution is -1.95. The minimum atomic E-state index is 0. The van der Waals surface area contributed by atoms with Crippen molar-refractivity contribution >= 4 is 23.1 Å². The molecule has 2 N–H and O–H groups in total. The fourth-order valence-electron chi connectivity index (χ4n) is 0.701. The van der Waals surface area contributed by atoms with E-state index in [9.17, 15) is 0 Å². The SMILES string of the molecule is Br.C=Cc1ccccn1.CCCCN. The number of unbranched alkanes of at least 4 members (excludes halogenated alkanes) is 1. The molecule has 0 radical (unpaired) electrons. The molecule has 1 aromatic heterocycles. The van der Waals surface area contributed by atoms with Gasteiger partial charge in [-0.15, -0.1) is 17.0 Å². The Kier molecular flexibility index (Phi) is 13.9. The van der Waals surface area contributed by atoms with Crippen LogP contribution in [0.15, 0.2) is 31.0 Å².